The molecule has 0 aliphatic carbocycles. The van der Waals surface area contributed by atoms with Crippen molar-refractivity contribution in [2.45, 2.75) is 6.92 Å². The summed E-state index contributed by atoms with van der Waals surface area (Å²) in [5, 5.41) is 17.9. The van der Waals surface area contributed by atoms with Gasteiger partial charge < -0.3 is 9.63 Å². The number of hydrogen-bond donors (Lipinski definition) is 1. The maximum atomic E-state index is 9.49. The summed E-state index contributed by atoms with van der Waals surface area (Å²) < 4.78 is 5.21. The number of benzene rings is 1. The van der Waals surface area contributed by atoms with Crippen LogP contribution in [0.2, 0.25) is 5.02 Å². The maximum absolute atomic E-state index is 9.49. The summed E-state index contributed by atoms with van der Waals surface area (Å²) in [4.78, 5) is 4.32. The summed E-state index contributed by atoms with van der Waals surface area (Å²) in [6.07, 6.45) is 0. The molecule has 0 bridgehead atoms. The van der Waals surface area contributed by atoms with Crippen LogP contribution in [0.4, 0.5) is 0 Å². The van der Waals surface area contributed by atoms with Crippen molar-refractivity contribution >= 4 is 22.9 Å². The van der Waals surface area contributed by atoms with Crippen LogP contribution in [-0.4, -0.2) is 15.2 Å². The smallest absolute Gasteiger partial charge is 0.259 e. The number of halogens is 1. The van der Waals surface area contributed by atoms with Crippen molar-refractivity contribution in [1.29, 1.82) is 0 Å². The quantitative estimate of drug-likeness (QED) is 0.771. The van der Waals surface area contributed by atoms with Crippen molar-refractivity contribution in [2.75, 3.05) is 0 Å². The molecule has 3 aromatic rings. The van der Waals surface area contributed by atoms with Crippen LogP contribution in [-0.2, 0) is 0 Å². The second kappa shape index (κ2) is 4.68. The third-order valence-electron chi connectivity index (χ3n) is 2.70. The van der Waals surface area contributed by atoms with E-state index in [9.17, 15) is 5.11 Å². The lowest BCUT2D eigenvalue weighted by Gasteiger charge is -1.98. The molecule has 0 radical (unpaired) electrons. The molecule has 0 saturated heterocycles. The minimum Gasteiger partial charge on any atom is -0.508 e. The minimum absolute atomic E-state index is 0.103. The molecular weight excluding hydrogens is 284 g/mol. The highest BCUT2D eigenvalue weighted by atomic mass is 35.5. The monoisotopic (exact) mass is 292 g/mol. The second-order valence-electron chi connectivity index (χ2n) is 4.06. The Hall–Kier alpha value is -1.85. The first kappa shape index (κ1) is 12.2. The van der Waals surface area contributed by atoms with E-state index in [1.54, 1.807) is 17.4 Å². The number of phenols is 1. The molecular formula is C13H9ClN2O2S. The molecule has 96 valence electrons. The molecule has 0 saturated carbocycles. The molecule has 0 amide bonds. The second-order valence-corrected chi connectivity index (χ2v) is 5.21. The van der Waals surface area contributed by atoms with Gasteiger partial charge in [0.25, 0.3) is 5.89 Å². The Morgan fingerprint density at radius 2 is 2.11 bits per heavy atom. The van der Waals surface area contributed by atoms with Gasteiger partial charge in [0.15, 0.2) is 0 Å². The van der Waals surface area contributed by atoms with Crippen molar-refractivity contribution in [3.63, 3.8) is 0 Å². The molecule has 2 heterocycles. The molecule has 2 aromatic heterocycles. The Bertz CT molecular complexity index is 736. The summed E-state index contributed by atoms with van der Waals surface area (Å²) in [5.74, 6) is 0.917. The molecule has 0 fully saturated rings. The van der Waals surface area contributed by atoms with E-state index in [2.05, 4.69) is 10.1 Å². The van der Waals surface area contributed by atoms with Gasteiger partial charge in [0.1, 0.15) is 5.75 Å². The van der Waals surface area contributed by atoms with Crippen LogP contribution in [0, 0.1) is 6.92 Å². The highest BCUT2D eigenvalue weighted by Crippen LogP contribution is 2.32. The van der Waals surface area contributed by atoms with E-state index in [4.69, 9.17) is 16.1 Å². The van der Waals surface area contributed by atoms with Crippen molar-refractivity contribution < 1.29 is 9.63 Å². The molecule has 0 aliphatic heterocycles. The largest absolute Gasteiger partial charge is 0.508 e. The number of aromatic nitrogens is 2. The fraction of sp³-hybridized carbons (Fsp3) is 0.0769. The zero-order valence-corrected chi connectivity index (χ0v) is 11.5. The van der Waals surface area contributed by atoms with E-state index in [-0.39, 0.29) is 5.75 Å². The van der Waals surface area contributed by atoms with Crippen LogP contribution >= 0.6 is 22.9 Å². The lowest BCUT2D eigenvalue weighted by molar-refractivity contribution is 0.431. The Morgan fingerprint density at radius 1 is 1.26 bits per heavy atom. The fourth-order valence-electron chi connectivity index (χ4n) is 1.71. The van der Waals surface area contributed by atoms with Crippen molar-refractivity contribution in [3.05, 3.63) is 39.5 Å². The van der Waals surface area contributed by atoms with Crippen LogP contribution in [0.15, 0.2) is 33.5 Å². The Morgan fingerprint density at radius 3 is 2.84 bits per heavy atom. The SMILES string of the molecule is Cc1cscc1-c1noc(-c2cc(O)ccc2Cl)n1. The molecule has 0 atom stereocenters. The summed E-state index contributed by atoms with van der Waals surface area (Å²) >= 11 is 7.64. The van der Waals surface area contributed by atoms with E-state index in [0.29, 0.717) is 22.3 Å². The molecule has 1 aromatic carbocycles. The number of phenolic OH excluding ortho intramolecular Hbond substituents is 1. The Labute approximate surface area is 118 Å². The van der Waals surface area contributed by atoms with E-state index >= 15 is 0 Å². The molecule has 1 N–H and O–H groups in total. The standard InChI is InChI=1S/C13H9ClN2O2S/c1-7-5-19-6-10(7)12-15-13(18-16-12)9-4-8(17)2-3-11(9)14/h2-6,17H,1H3. The Kier molecular flexibility index (Phi) is 3.00. The number of hydrogen-bond acceptors (Lipinski definition) is 5. The maximum Gasteiger partial charge on any atom is 0.259 e. The van der Waals surface area contributed by atoms with Gasteiger partial charge >= 0.3 is 0 Å². The van der Waals surface area contributed by atoms with E-state index in [1.165, 1.54) is 12.1 Å². The zero-order chi connectivity index (χ0) is 13.4. The van der Waals surface area contributed by atoms with Gasteiger partial charge in [0, 0.05) is 10.9 Å². The van der Waals surface area contributed by atoms with Gasteiger partial charge in [-0.3, -0.25) is 0 Å². The normalized spacial score (nSPS) is 10.8. The van der Waals surface area contributed by atoms with E-state index in [1.807, 2.05) is 17.7 Å². The van der Waals surface area contributed by atoms with Gasteiger partial charge in [-0.25, -0.2) is 0 Å². The average molecular weight is 293 g/mol. The van der Waals surface area contributed by atoms with Gasteiger partial charge in [-0.2, -0.15) is 16.3 Å². The highest BCUT2D eigenvalue weighted by Gasteiger charge is 2.15. The van der Waals surface area contributed by atoms with Crippen LogP contribution in [0.1, 0.15) is 5.56 Å². The summed E-state index contributed by atoms with van der Waals surface area (Å²) in [6.45, 7) is 1.99. The van der Waals surface area contributed by atoms with Crippen molar-refractivity contribution in [3.8, 4) is 28.6 Å². The number of aromatic hydroxyl groups is 1. The van der Waals surface area contributed by atoms with Gasteiger partial charge in [0.05, 0.1) is 10.6 Å². The van der Waals surface area contributed by atoms with E-state index in [0.717, 1.165) is 11.1 Å². The van der Waals surface area contributed by atoms with Crippen LogP contribution in [0.3, 0.4) is 0 Å². The lowest BCUT2D eigenvalue weighted by atomic mass is 10.2. The van der Waals surface area contributed by atoms with Gasteiger partial charge in [-0.15, -0.1) is 0 Å². The van der Waals surface area contributed by atoms with Gasteiger partial charge in [-0.1, -0.05) is 16.8 Å². The predicted octanol–water partition coefficient (Wildman–Crippen LogP) is 4.13. The molecule has 0 spiro atoms. The molecule has 6 heteroatoms. The third kappa shape index (κ3) is 2.22. The van der Waals surface area contributed by atoms with Gasteiger partial charge in [0.2, 0.25) is 5.82 Å². The predicted molar refractivity (Wildman–Crippen MR) is 74.5 cm³/mol. The van der Waals surface area contributed by atoms with Gasteiger partial charge in [-0.05, 0) is 36.1 Å². The number of rotatable bonds is 2. The Balaban J connectivity index is 2.06. The first-order valence-corrected chi connectivity index (χ1v) is 6.83. The van der Waals surface area contributed by atoms with Crippen molar-refractivity contribution in [2.24, 2.45) is 0 Å². The molecule has 0 unspecified atom stereocenters. The number of nitrogens with zero attached hydrogens (tertiary/aromatic N) is 2. The lowest BCUT2D eigenvalue weighted by Crippen LogP contribution is -1.82. The molecule has 3 rings (SSSR count). The zero-order valence-electron chi connectivity index (χ0n) is 9.92. The first-order chi connectivity index (χ1) is 9.15. The average Bonchev–Trinajstić information content (AvgIpc) is 3.00. The topological polar surface area (TPSA) is 59.2 Å². The van der Waals surface area contributed by atoms with E-state index < -0.39 is 0 Å². The first-order valence-electron chi connectivity index (χ1n) is 5.51. The summed E-state index contributed by atoms with van der Waals surface area (Å²) in [6, 6.07) is 4.60. The minimum atomic E-state index is 0.103. The van der Waals surface area contributed by atoms with Crippen LogP contribution in [0.5, 0.6) is 5.75 Å². The van der Waals surface area contributed by atoms with Crippen LogP contribution in [0.25, 0.3) is 22.8 Å². The highest BCUT2D eigenvalue weighted by molar-refractivity contribution is 7.08. The molecule has 0 aliphatic rings. The third-order valence-corrected chi connectivity index (χ3v) is 3.89. The number of aryl methyl sites for hydroxylation is 1. The number of thiophene rings is 1. The van der Waals surface area contributed by atoms with Crippen molar-refractivity contribution in [1.82, 2.24) is 10.1 Å². The van der Waals surface area contributed by atoms with Crippen LogP contribution < -0.4 is 0 Å². The molecule has 4 nitrogen and oxygen atoms in total. The summed E-state index contributed by atoms with van der Waals surface area (Å²) in [7, 11) is 0. The molecule has 19 heavy (non-hydrogen) atoms. The fourth-order valence-corrected chi connectivity index (χ4v) is 2.73. The summed E-state index contributed by atoms with van der Waals surface area (Å²) in [5.41, 5.74) is 2.56.